The largest absolute Gasteiger partial charge is 0.507 e. The van der Waals surface area contributed by atoms with Gasteiger partial charge in [0.1, 0.15) is 5.75 Å². The Hall–Kier alpha value is -1.20. The van der Waals surface area contributed by atoms with Gasteiger partial charge >= 0.3 is 0 Å². The Balaban J connectivity index is 0.000000399. The Kier molecular flexibility index (Phi) is 7.56. The van der Waals surface area contributed by atoms with Crippen LogP contribution in [0.4, 0.5) is 0 Å². The Morgan fingerprint density at radius 1 is 1.42 bits per heavy atom. The van der Waals surface area contributed by atoms with Crippen LogP contribution in [0.15, 0.2) is 18.2 Å². The van der Waals surface area contributed by atoms with E-state index >= 15 is 0 Å². The van der Waals surface area contributed by atoms with Crippen molar-refractivity contribution in [3.63, 3.8) is 0 Å². The maximum atomic E-state index is 10.1. The number of para-hydroxylation sites is 1. The maximum Gasteiger partial charge on any atom is 0.234 e. The Labute approximate surface area is 120 Å². The van der Waals surface area contributed by atoms with Crippen LogP contribution in [-0.4, -0.2) is 16.8 Å². The zero-order valence-electron chi connectivity index (χ0n) is 12.0. The van der Waals surface area contributed by atoms with Gasteiger partial charge in [-0.15, -0.1) is 0 Å². The van der Waals surface area contributed by atoms with E-state index < -0.39 is 0 Å². The second-order valence-electron chi connectivity index (χ2n) is 5.26. The first-order chi connectivity index (χ1) is 8.73. The molecule has 0 spiro atoms. The first kappa shape index (κ1) is 17.8. The summed E-state index contributed by atoms with van der Waals surface area (Å²) in [5, 5.41) is 9.73. The highest BCUT2D eigenvalue weighted by molar-refractivity contribution is 7.80. The third kappa shape index (κ3) is 6.50. The van der Waals surface area contributed by atoms with E-state index in [-0.39, 0.29) is 11.3 Å². The van der Waals surface area contributed by atoms with Crippen molar-refractivity contribution in [1.29, 1.82) is 0 Å². The molecule has 0 aliphatic rings. The molecule has 0 atom stereocenters. The number of aryl methyl sites for hydroxylation is 1. The third-order valence-electron chi connectivity index (χ3n) is 2.55. The first-order valence-electron chi connectivity index (χ1n) is 6.13. The monoisotopic (exact) mass is 284 g/mol. The van der Waals surface area contributed by atoms with E-state index in [0.29, 0.717) is 17.9 Å². The number of hydrazine groups is 1. The van der Waals surface area contributed by atoms with Crippen LogP contribution in [0.3, 0.4) is 0 Å². The summed E-state index contributed by atoms with van der Waals surface area (Å²) in [4.78, 5) is 10.1. The van der Waals surface area contributed by atoms with Gasteiger partial charge in [-0.1, -0.05) is 39.0 Å². The lowest BCUT2D eigenvalue weighted by atomic mass is 9.85. The van der Waals surface area contributed by atoms with Crippen molar-refractivity contribution in [2.75, 3.05) is 5.75 Å². The quantitative estimate of drug-likeness (QED) is 0.291. The van der Waals surface area contributed by atoms with Gasteiger partial charge in [-0.25, -0.2) is 5.84 Å². The predicted molar refractivity (Wildman–Crippen MR) is 82.3 cm³/mol. The molecule has 108 valence electrons. The first-order valence-corrected chi connectivity index (χ1v) is 6.76. The molecule has 4 nitrogen and oxygen atoms in total. The summed E-state index contributed by atoms with van der Waals surface area (Å²) in [6.07, 6.45) is 0.389. The zero-order chi connectivity index (χ0) is 15.1. The molecule has 0 fully saturated rings. The topological polar surface area (TPSA) is 75.3 Å². The molecule has 1 rings (SSSR count). The molecule has 0 heterocycles. The van der Waals surface area contributed by atoms with Gasteiger partial charge in [-0.3, -0.25) is 10.2 Å². The summed E-state index contributed by atoms with van der Waals surface area (Å²) in [5.41, 5.74) is 3.96. The molecule has 1 aromatic carbocycles. The number of carbonyl (C=O) groups is 1. The van der Waals surface area contributed by atoms with E-state index in [2.05, 4.69) is 33.4 Å². The Morgan fingerprint density at radius 3 is 2.32 bits per heavy atom. The average Bonchev–Trinajstić information content (AvgIpc) is 2.32. The number of nitrogens with one attached hydrogen (secondary N) is 1. The number of rotatable bonds is 2. The number of thiol groups is 1. The van der Waals surface area contributed by atoms with Crippen molar-refractivity contribution in [1.82, 2.24) is 5.43 Å². The smallest absolute Gasteiger partial charge is 0.234 e. The number of hydrogen-bond donors (Lipinski definition) is 4. The minimum absolute atomic E-state index is 0.0239. The standard InChI is InChI=1S/C11H16O.C3H8N2OS/c1-8-6-5-7-9(10(8)12)11(2,3)4;4-5-3(6)1-2-7/h5-7,12H,1-4H3;7H,1-2,4H2,(H,5,6). The summed E-state index contributed by atoms with van der Waals surface area (Å²) >= 11 is 3.80. The highest BCUT2D eigenvalue weighted by atomic mass is 32.1. The highest BCUT2D eigenvalue weighted by Crippen LogP contribution is 2.32. The number of benzene rings is 1. The zero-order valence-corrected chi connectivity index (χ0v) is 12.9. The van der Waals surface area contributed by atoms with Crippen LogP contribution >= 0.6 is 12.6 Å². The molecule has 0 aliphatic heterocycles. The summed E-state index contributed by atoms with van der Waals surface area (Å²) in [6.45, 7) is 8.22. The van der Waals surface area contributed by atoms with Crippen molar-refractivity contribution in [2.45, 2.75) is 39.5 Å². The van der Waals surface area contributed by atoms with Crippen LogP contribution in [0.25, 0.3) is 0 Å². The van der Waals surface area contributed by atoms with E-state index in [9.17, 15) is 9.90 Å². The number of aromatic hydroxyl groups is 1. The molecule has 0 saturated heterocycles. The minimum Gasteiger partial charge on any atom is -0.507 e. The number of phenols is 1. The van der Waals surface area contributed by atoms with Crippen molar-refractivity contribution in [2.24, 2.45) is 5.84 Å². The van der Waals surface area contributed by atoms with Crippen LogP contribution in [0.1, 0.15) is 38.3 Å². The fraction of sp³-hybridized carbons (Fsp3) is 0.500. The molecule has 0 aromatic heterocycles. The average molecular weight is 284 g/mol. The van der Waals surface area contributed by atoms with Gasteiger partial charge in [0.15, 0.2) is 0 Å². The summed E-state index contributed by atoms with van der Waals surface area (Å²) in [7, 11) is 0. The lowest BCUT2D eigenvalue weighted by Gasteiger charge is -2.20. The van der Waals surface area contributed by atoms with Gasteiger partial charge in [-0.05, 0) is 29.2 Å². The fourth-order valence-corrected chi connectivity index (χ4v) is 1.64. The second-order valence-corrected chi connectivity index (χ2v) is 5.71. The normalized spacial score (nSPS) is 10.4. The van der Waals surface area contributed by atoms with Crippen LogP contribution in [0, 0.1) is 6.92 Å². The van der Waals surface area contributed by atoms with Gasteiger partial charge in [-0.2, -0.15) is 12.6 Å². The summed E-state index contributed by atoms with van der Waals surface area (Å²) < 4.78 is 0. The summed E-state index contributed by atoms with van der Waals surface area (Å²) in [6, 6.07) is 5.88. The van der Waals surface area contributed by atoms with Gasteiger partial charge in [0.05, 0.1) is 0 Å². The molecule has 1 aromatic rings. The number of carbonyl (C=O) groups excluding carboxylic acids is 1. The van der Waals surface area contributed by atoms with E-state index in [4.69, 9.17) is 5.84 Å². The molecule has 1 amide bonds. The van der Waals surface area contributed by atoms with Crippen molar-refractivity contribution in [3.05, 3.63) is 29.3 Å². The SMILES string of the molecule is Cc1cccc(C(C)(C)C)c1O.NNC(=O)CCS. The molecule has 5 heteroatoms. The molecule has 0 bridgehead atoms. The second kappa shape index (κ2) is 8.07. The molecular formula is C14H24N2O2S. The van der Waals surface area contributed by atoms with E-state index in [0.717, 1.165) is 11.1 Å². The van der Waals surface area contributed by atoms with Crippen LogP contribution in [0.5, 0.6) is 5.75 Å². The van der Waals surface area contributed by atoms with Crippen molar-refractivity contribution in [3.8, 4) is 5.75 Å². The highest BCUT2D eigenvalue weighted by Gasteiger charge is 2.18. The molecule has 0 saturated carbocycles. The number of hydrogen-bond acceptors (Lipinski definition) is 4. The molecule has 0 radical (unpaired) electrons. The van der Waals surface area contributed by atoms with Crippen molar-refractivity contribution < 1.29 is 9.90 Å². The Morgan fingerprint density at radius 2 is 2.00 bits per heavy atom. The van der Waals surface area contributed by atoms with Gasteiger partial charge in [0, 0.05) is 6.42 Å². The van der Waals surface area contributed by atoms with Crippen LogP contribution in [-0.2, 0) is 10.2 Å². The van der Waals surface area contributed by atoms with Gasteiger partial charge in [0.25, 0.3) is 0 Å². The number of amides is 1. The number of nitrogens with two attached hydrogens (primary N) is 1. The molecule has 4 N–H and O–H groups in total. The van der Waals surface area contributed by atoms with Crippen LogP contribution < -0.4 is 11.3 Å². The lowest BCUT2D eigenvalue weighted by Crippen LogP contribution is -2.29. The third-order valence-corrected chi connectivity index (χ3v) is 2.77. The minimum atomic E-state index is -0.171. The Bertz CT molecular complexity index is 414. The maximum absolute atomic E-state index is 10.1. The van der Waals surface area contributed by atoms with Gasteiger partial charge < -0.3 is 5.11 Å². The van der Waals surface area contributed by atoms with E-state index in [1.165, 1.54) is 0 Å². The van der Waals surface area contributed by atoms with Crippen molar-refractivity contribution >= 4 is 18.5 Å². The lowest BCUT2D eigenvalue weighted by molar-refractivity contribution is -0.120. The van der Waals surface area contributed by atoms with E-state index in [1.807, 2.05) is 30.5 Å². The number of phenolic OH excluding ortho intramolecular Hbond substituents is 1. The molecule has 0 unspecified atom stereocenters. The van der Waals surface area contributed by atoms with E-state index in [1.54, 1.807) is 0 Å². The fourth-order valence-electron chi connectivity index (χ4n) is 1.44. The molecular weight excluding hydrogens is 260 g/mol. The van der Waals surface area contributed by atoms with Crippen LogP contribution in [0.2, 0.25) is 0 Å². The summed E-state index contributed by atoms with van der Waals surface area (Å²) in [5.74, 6) is 5.53. The van der Waals surface area contributed by atoms with Gasteiger partial charge in [0.2, 0.25) is 5.91 Å². The molecule has 19 heavy (non-hydrogen) atoms. The molecule has 0 aliphatic carbocycles. The predicted octanol–water partition coefficient (Wildman–Crippen LogP) is 2.29.